The van der Waals surface area contributed by atoms with E-state index in [-0.39, 0.29) is 29.2 Å². The Morgan fingerprint density at radius 1 is 1.11 bits per heavy atom. The summed E-state index contributed by atoms with van der Waals surface area (Å²) in [5.74, 6) is -0.303. The summed E-state index contributed by atoms with van der Waals surface area (Å²) >= 11 is 0. The Morgan fingerprint density at radius 3 is 2.69 bits per heavy atom. The first-order valence-electron chi connectivity index (χ1n) is 11.5. The second kappa shape index (κ2) is 7.67. The summed E-state index contributed by atoms with van der Waals surface area (Å²) in [5, 5.41) is 22.4. The molecule has 2 bridgehead atoms. The minimum atomic E-state index is -0.662. The zero-order valence-electron chi connectivity index (χ0n) is 19.3. The van der Waals surface area contributed by atoms with E-state index in [1.807, 2.05) is 6.07 Å². The Morgan fingerprint density at radius 2 is 1.91 bits per heavy atom. The maximum absolute atomic E-state index is 14.5. The predicted octanol–water partition coefficient (Wildman–Crippen LogP) is 3.53. The van der Waals surface area contributed by atoms with Crippen LogP contribution in [0.1, 0.15) is 55.4 Å². The molecule has 2 aliphatic carbocycles. The highest BCUT2D eigenvalue weighted by molar-refractivity contribution is 5.64. The van der Waals surface area contributed by atoms with Gasteiger partial charge in [-0.15, -0.1) is 10.2 Å². The molecule has 0 unspecified atom stereocenters. The van der Waals surface area contributed by atoms with Crippen molar-refractivity contribution in [3.63, 3.8) is 0 Å². The molecule has 178 valence electrons. The lowest BCUT2D eigenvalue weighted by atomic mass is 9.66. The maximum Gasteiger partial charge on any atom is 0.252 e. The lowest BCUT2D eigenvalue weighted by Gasteiger charge is -2.37. The normalized spacial score (nSPS) is 21.9. The Labute approximate surface area is 200 Å². The SMILES string of the molecule is CC1(C)[C@H]2CC[C@@]1(c1ccnc(-n3cnc(CCO)n3)n1)c1nnc(-c3c(F)cccc3F)cc12. The van der Waals surface area contributed by atoms with Gasteiger partial charge in [-0.3, -0.25) is 0 Å². The Bertz CT molecular complexity index is 1430. The van der Waals surface area contributed by atoms with E-state index in [2.05, 4.69) is 39.1 Å². The molecule has 2 atom stereocenters. The molecule has 1 N–H and O–H groups in total. The average Bonchev–Trinajstić information content (AvgIpc) is 3.47. The van der Waals surface area contributed by atoms with Crippen LogP contribution in [0.15, 0.2) is 42.9 Å². The fourth-order valence-corrected chi connectivity index (χ4v) is 6.06. The number of halogens is 2. The largest absolute Gasteiger partial charge is 0.396 e. The van der Waals surface area contributed by atoms with E-state index in [0.717, 1.165) is 29.8 Å². The molecule has 1 aromatic carbocycles. The minimum Gasteiger partial charge on any atom is -0.396 e. The van der Waals surface area contributed by atoms with Gasteiger partial charge < -0.3 is 5.11 Å². The number of aromatic nitrogens is 7. The fourth-order valence-electron chi connectivity index (χ4n) is 6.06. The number of nitrogens with zero attached hydrogens (tertiary/aromatic N) is 7. The van der Waals surface area contributed by atoms with Crippen LogP contribution in [0, 0.1) is 17.0 Å². The molecule has 10 heteroatoms. The smallest absolute Gasteiger partial charge is 0.252 e. The van der Waals surface area contributed by atoms with Gasteiger partial charge in [0.1, 0.15) is 18.0 Å². The molecule has 8 nitrogen and oxygen atoms in total. The van der Waals surface area contributed by atoms with Crippen molar-refractivity contribution in [2.24, 2.45) is 5.41 Å². The third-order valence-corrected chi connectivity index (χ3v) is 7.76. The fraction of sp³-hybridized carbons (Fsp3) is 0.360. The van der Waals surface area contributed by atoms with Gasteiger partial charge in [-0.05, 0) is 54.0 Å². The zero-order chi connectivity index (χ0) is 24.4. The minimum absolute atomic E-state index is 0.0438. The molecular weight excluding hydrogens is 452 g/mol. The van der Waals surface area contributed by atoms with Crippen LogP contribution >= 0.6 is 0 Å². The molecule has 0 saturated heterocycles. The van der Waals surface area contributed by atoms with Crippen LogP contribution in [0.3, 0.4) is 0 Å². The standard InChI is InChI=1S/C25H23F2N7O/c1-24(2)15-6-9-25(24,19-7-10-28-23(30-19)34-13-29-20(33-34)8-11-35)22-14(15)12-18(31-32-22)21-16(26)4-3-5-17(21)27/h3-5,7,10,12-13,15,35H,6,8-9,11H2,1-2H3/t15-,25+/m0/s1. The molecule has 1 fully saturated rings. The van der Waals surface area contributed by atoms with Gasteiger partial charge in [-0.1, -0.05) is 19.9 Å². The summed E-state index contributed by atoms with van der Waals surface area (Å²) in [7, 11) is 0. The predicted molar refractivity (Wildman–Crippen MR) is 122 cm³/mol. The van der Waals surface area contributed by atoms with Crippen molar-refractivity contribution < 1.29 is 13.9 Å². The van der Waals surface area contributed by atoms with E-state index < -0.39 is 17.0 Å². The second-order valence-corrected chi connectivity index (χ2v) is 9.67. The summed E-state index contributed by atoms with van der Waals surface area (Å²) < 4.78 is 30.4. The highest BCUT2D eigenvalue weighted by atomic mass is 19.1. The van der Waals surface area contributed by atoms with Crippen LogP contribution in [0.4, 0.5) is 8.78 Å². The maximum atomic E-state index is 14.5. The van der Waals surface area contributed by atoms with Crippen LogP contribution in [-0.4, -0.2) is 46.6 Å². The third kappa shape index (κ3) is 2.99. The van der Waals surface area contributed by atoms with Gasteiger partial charge in [0.15, 0.2) is 5.82 Å². The first-order chi connectivity index (χ1) is 16.9. The average molecular weight is 476 g/mol. The number of fused-ring (bicyclic) bond motifs is 5. The highest BCUT2D eigenvalue weighted by Crippen LogP contribution is 2.69. The van der Waals surface area contributed by atoms with Crippen molar-refractivity contribution in [3.05, 3.63) is 77.3 Å². The highest BCUT2D eigenvalue weighted by Gasteiger charge is 2.65. The van der Waals surface area contributed by atoms with Crippen molar-refractivity contribution in [3.8, 4) is 17.2 Å². The Kier molecular flexibility index (Phi) is 4.79. The van der Waals surface area contributed by atoms with E-state index in [1.54, 1.807) is 12.3 Å². The number of benzene rings is 1. The summed E-state index contributed by atoms with van der Waals surface area (Å²) in [5.41, 5.74) is 1.80. The first-order valence-corrected chi connectivity index (χ1v) is 11.5. The van der Waals surface area contributed by atoms with Crippen molar-refractivity contribution in [2.45, 2.75) is 44.4 Å². The van der Waals surface area contributed by atoms with Crippen molar-refractivity contribution in [1.82, 2.24) is 34.9 Å². The number of aliphatic hydroxyl groups excluding tert-OH is 1. The summed E-state index contributed by atoms with van der Waals surface area (Å²) in [6.45, 7) is 4.33. The van der Waals surface area contributed by atoms with Crippen LogP contribution in [0.2, 0.25) is 0 Å². The molecule has 3 heterocycles. The number of aliphatic hydroxyl groups is 1. The monoisotopic (exact) mass is 475 g/mol. The van der Waals surface area contributed by atoms with Gasteiger partial charge in [-0.2, -0.15) is 9.78 Å². The molecular formula is C25H23F2N7O. The molecule has 6 rings (SSSR count). The van der Waals surface area contributed by atoms with Crippen molar-refractivity contribution in [2.75, 3.05) is 6.61 Å². The van der Waals surface area contributed by atoms with Gasteiger partial charge in [0.2, 0.25) is 0 Å². The van der Waals surface area contributed by atoms with Crippen LogP contribution in [-0.2, 0) is 11.8 Å². The van der Waals surface area contributed by atoms with Gasteiger partial charge in [0.25, 0.3) is 5.95 Å². The number of hydrogen-bond acceptors (Lipinski definition) is 7. The molecule has 0 radical (unpaired) electrons. The zero-order valence-corrected chi connectivity index (χ0v) is 19.3. The van der Waals surface area contributed by atoms with Crippen molar-refractivity contribution >= 4 is 0 Å². The van der Waals surface area contributed by atoms with Gasteiger partial charge in [-0.25, -0.2) is 23.7 Å². The van der Waals surface area contributed by atoms with E-state index in [0.29, 0.717) is 18.2 Å². The molecule has 1 saturated carbocycles. The lowest BCUT2D eigenvalue weighted by Crippen LogP contribution is -2.38. The molecule has 0 aliphatic heterocycles. The van der Waals surface area contributed by atoms with Crippen LogP contribution < -0.4 is 0 Å². The number of rotatable bonds is 5. The van der Waals surface area contributed by atoms with E-state index >= 15 is 0 Å². The Hall–Kier alpha value is -3.66. The first kappa shape index (κ1) is 21.8. The third-order valence-electron chi connectivity index (χ3n) is 7.76. The summed E-state index contributed by atoms with van der Waals surface area (Å²) in [6, 6.07) is 7.47. The van der Waals surface area contributed by atoms with Crippen LogP contribution in [0.5, 0.6) is 0 Å². The van der Waals surface area contributed by atoms with Crippen LogP contribution in [0.25, 0.3) is 17.2 Å². The van der Waals surface area contributed by atoms with Gasteiger partial charge in [0.05, 0.1) is 34.7 Å². The molecule has 0 amide bonds. The molecule has 3 aromatic heterocycles. The Balaban J connectivity index is 1.48. The summed E-state index contributed by atoms with van der Waals surface area (Å²) in [6.07, 6.45) is 5.29. The van der Waals surface area contributed by atoms with E-state index in [9.17, 15) is 8.78 Å². The summed E-state index contributed by atoms with van der Waals surface area (Å²) in [4.78, 5) is 13.4. The molecule has 2 aliphatic rings. The second-order valence-electron chi connectivity index (χ2n) is 9.67. The molecule has 0 spiro atoms. The van der Waals surface area contributed by atoms with E-state index in [4.69, 9.17) is 10.1 Å². The number of hydrogen-bond donors (Lipinski definition) is 1. The van der Waals surface area contributed by atoms with Gasteiger partial charge >= 0.3 is 0 Å². The molecule has 4 aromatic rings. The molecule has 35 heavy (non-hydrogen) atoms. The quantitative estimate of drug-likeness (QED) is 0.471. The van der Waals surface area contributed by atoms with Gasteiger partial charge in [0, 0.05) is 12.6 Å². The topological polar surface area (TPSA) is 102 Å². The lowest BCUT2D eigenvalue weighted by molar-refractivity contribution is 0.242. The van der Waals surface area contributed by atoms with E-state index in [1.165, 1.54) is 29.2 Å². The van der Waals surface area contributed by atoms with Crippen molar-refractivity contribution in [1.29, 1.82) is 0 Å².